The van der Waals surface area contributed by atoms with Gasteiger partial charge in [-0.2, -0.15) is 4.98 Å². The van der Waals surface area contributed by atoms with Gasteiger partial charge in [0.15, 0.2) is 11.6 Å². The molecule has 2 heterocycles. The van der Waals surface area contributed by atoms with Gasteiger partial charge in [0, 0.05) is 12.0 Å². The fraction of sp³-hybridized carbons (Fsp3) is 0.333. The van der Waals surface area contributed by atoms with Gasteiger partial charge in [0.05, 0.1) is 5.75 Å². The second-order valence-corrected chi connectivity index (χ2v) is 6.62. The highest BCUT2D eigenvalue weighted by molar-refractivity contribution is 7.98. The molecule has 0 aliphatic heterocycles. The summed E-state index contributed by atoms with van der Waals surface area (Å²) < 4.78 is 19.6. The zero-order valence-corrected chi connectivity index (χ0v) is 14.1. The van der Waals surface area contributed by atoms with E-state index >= 15 is 0 Å². The van der Waals surface area contributed by atoms with Gasteiger partial charge in [-0.1, -0.05) is 30.8 Å². The highest BCUT2D eigenvalue weighted by atomic mass is 32.2. The third-order valence-electron chi connectivity index (χ3n) is 3.19. The van der Waals surface area contributed by atoms with E-state index in [-0.39, 0.29) is 5.82 Å². The maximum absolute atomic E-state index is 13.0. The summed E-state index contributed by atoms with van der Waals surface area (Å²) in [6, 6.07) is 5.91. The predicted octanol–water partition coefficient (Wildman–Crippen LogP) is 2.67. The van der Waals surface area contributed by atoms with Crippen LogP contribution in [0.5, 0.6) is 0 Å². The first-order chi connectivity index (χ1) is 11.5. The minimum Gasteiger partial charge on any atom is -0.338 e. The van der Waals surface area contributed by atoms with Gasteiger partial charge in [-0.15, -0.1) is 10.2 Å². The first kappa shape index (κ1) is 16.4. The highest BCUT2D eigenvalue weighted by Gasteiger charge is 2.14. The summed E-state index contributed by atoms with van der Waals surface area (Å²) in [7, 11) is 0. The van der Waals surface area contributed by atoms with Crippen molar-refractivity contribution in [1.29, 1.82) is 0 Å². The molecule has 0 aliphatic carbocycles. The molecule has 0 aliphatic rings. The minimum atomic E-state index is -0.315. The van der Waals surface area contributed by atoms with E-state index < -0.39 is 0 Å². The molecule has 3 aromatic rings. The molecule has 0 radical (unpaired) electrons. The predicted molar refractivity (Wildman–Crippen MR) is 88.0 cm³/mol. The summed E-state index contributed by atoms with van der Waals surface area (Å²) in [6.45, 7) is 4.19. The Morgan fingerprint density at radius 3 is 2.71 bits per heavy atom. The van der Waals surface area contributed by atoms with E-state index in [0.29, 0.717) is 39.9 Å². The number of halogens is 1. The van der Waals surface area contributed by atoms with Gasteiger partial charge in [-0.3, -0.25) is 0 Å². The van der Waals surface area contributed by atoms with Crippen molar-refractivity contribution in [2.24, 2.45) is 5.92 Å². The molecule has 0 atom stereocenters. The summed E-state index contributed by atoms with van der Waals surface area (Å²) in [4.78, 5) is 4.33. The number of benzene rings is 1. The van der Waals surface area contributed by atoms with Gasteiger partial charge in [-0.05, 0) is 30.2 Å². The third kappa shape index (κ3) is 3.73. The van der Waals surface area contributed by atoms with Crippen LogP contribution in [0.2, 0.25) is 0 Å². The highest BCUT2D eigenvalue weighted by Crippen LogP contribution is 2.24. The Kier molecular flexibility index (Phi) is 4.79. The average Bonchev–Trinajstić information content (AvgIpc) is 3.12. The number of nitrogens with two attached hydrogens (primary N) is 1. The van der Waals surface area contributed by atoms with Crippen LogP contribution in [0.4, 0.5) is 4.39 Å². The summed E-state index contributed by atoms with van der Waals surface area (Å²) in [5.74, 6) is 8.29. The zero-order chi connectivity index (χ0) is 17.1. The molecule has 0 amide bonds. The monoisotopic (exact) mass is 348 g/mol. The number of hydrogen-bond donors (Lipinski definition) is 1. The van der Waals surface area contributed by atoms with Crippen molar-refractivity contribution in [3.05, 3.63) is 41.8 Å². The van der Waals surface area contributed by atoms with Crippen molar-refractivity contribution in [3.63, 3.8) is 0 Å². The third-order valence-corrected chi connectivity index (χ3v) is 4.12. The topological polar surface area (TPSA) is 95.7 Å². The maximum atomic E-state index is 13.0. The Morgan fingerprint density at radius 1 is 1.25 bits per heavy atom. The number of rotatable bonds is 6. The van der Waals surface area contributed by atoms with Crippen LogP contribution in [-0.2, 0) is 12.2 Å². The SMILES string of the molecule is CC(C)Cc1noc(CSc2nnc(-c3ccc(F)cc3)n2N)n1. The Bertz CT molecular complexity index is 814. The van der Waals surface area contributed by atoms with Crippen molar-refractivity contribution in [1.82, 2.24) is 25.0 Å². The Labute approximate surface area is 142 Å². The molecule has 126 valence electrons. The Balaban J connectivity index is 1.68. The van der Waals surface area contributed by atoms with Crippen LogP contribution in [0.25, 0.3) is 11.4 Å². The minimum absolute atomic E-state index is 0.315. The quantitative estimate of drug-likeness (QED) is 0.540. The van der Waals surface area contributed by atoms with Gasteiger partial charge in [0.1, 0.15) is 5.82 Å². The van der Waals surface area contributed by atoms with E-state index in [2.05, 4.69) is 34.2 Å². The van der Waals surface area contributed by atoms with Crippen LogP contribution in [0.15, 0.2) is 33.9 Å². The molecule has 0 spiro atoms. The molecule has 0 bridgehead atoms. The van der Waals surface area contributed by atoms with Crippen molar-refractivity contribution < 1.29 is 8.91 Å². The molecule has 0 saturated heterocycles. The lowest BCUT2D eigenvalue weighted by Gasteiger charge is -2.02. The number of nitrogen functional groups attached to an aromatic ring is 1. The van der Waals surface area contributed by atoms with Gasteiger partial charge in [-0.25, -0.2) is 9.07 Å². The van der Waals surface area contributed by atoms with Crippen LogP contribution in [0.3, 0.4) is 0 Å². The lowest BCUT2D eigenvalue weighted by atomic mass is 10.1. The number of hydrogen-bond acceptors (Lipinski definition) is 7. The maximum Gasteiger partial charge on any atom is 0.237 e. The number of aromatic nitrogens is 5. The lowest BCUT2D eigenvalue weighted by Crippen LogP contribution is -2.11. The smallest absolute Gasteiger partial charge is 0.237 e. The normalized spacial score (nSPS) is 11.3. The number of nitrogens with zero attached hydrogens (tertiary/aromatic N) is 5. The van der Waals surface area contributed by atoms with Gasteiger partial charge < -0.3 is 10.4 Å². The second kappa shape index (κ2) is 7.00. The largest absolute Gasteiger partial charge is 0.338 e. The van der Waals surface area contributed by atoms with Gasteiger partial charge in [0.25, 0.3) is 0 Å². The van der Waals surface area contributed by atoms with E-state index in [4.69, 9.17) is 10.4 Å². The summed E-state index contributed by atoms with van der Waals surface area (Å²) in [5, 5.41) is 12.6. The molecule has 2 N–H and O–H groups in total. The zero-order valence-electron chi connectivity index (χ0n) is 13.3. The molecule has 0 unspecified atom stereocenters. The Hall–Kier alpha value is -2.42. The van der Waals surface area contributed by atoms with Crippen LogP contribution in [0.1, 0.15) is 25.6 Å². The summed E-state index contributed by atoms with van der Waals surface area (Å²) in [6.07, 6.45) is 0.774. The summed E-state index contributed by atoms with van der Waals surface area (Å²) in [5.41, 5.74) is 0.690. The van der Waals surface area contributed by atoms with Gasteiger partial charge >= 0.3 is 0 Å². The molecule has 0 fully saturated rings. The fourth-order valence-corrected chi connectivity index (χ4v) is 2.79. The molecule has 0 saturated carbocycles. The van der Waals surface area contributed by atoms with Crippen LogP contribution < -0.4 is 5.84 Å². The van der Waals surface area contributed by atoms with Crippen molar-refractivity contribution in [3.8, 4) is 11.4 Å². The molecule has 9 heteroatoms. The van der Waals surface area contributed by atoms with E-state index in [9.17, 15) is 4.39 Å². The molecule has 7 nitrogen and oxygen atoms in total. The summed E-state index contributed by atoms with van der Waals surface area (Å²) >= 11 is 1.35. The van der Waals surface area contributed by atoms with Gasteiger partial charge in [0.2, 0.25) is 11.0 Å². The molecular formula is C15H17FN6OS. The van der Waals surface area contributed by atoms with Crippen molar-refractivity contribution in [2.45, 2.75) is 31.2 Å². The Morgan fingerprint density at radius 2 is 2.00 bits per heavy atom. The van der Waals surface area contributed by atoms with Crippen molar-refractivity contribution in [2.75, 3.05) is 5.84 Å². The van der Waals surface area contributed by atoms with Crippen LogP contribution >= 0.6 is 11.8 Å². The first-order valence-corrected chi connectivity index (χ1v) is 8.42. The molecule has 1 aromatic carbocycles. The number of thioether (sulfide) groups is 1. The van der Waals surface area contributed by atoms with E-state index in [1.54, 1.807) is 12.1 Å². The van der Waals surface area contributed by atoms with Crippen LogP contribution in [-0.4, -0.2) is 25.0 Å². The fourth-order valence-electron chi connectivity index (χ4n) is 2.09. The molecule has 2 aromatic heterocycles. The van der Waals surface area contributed by atoms with E-state index in [1.807, 2.05) is 0 Å². The van der Waals surface area contributed by atoms with Crippen LogP contribution in [0, 0.1) is 11.7 Å². The standard InChI is InChI=1S/C15H17FN6OS/c1-9(2)7-12-18-13(23-21-12)8-24-15-20-19-14(22(15)17)10-3-5-11(16)6-4-10/h3-6,9H,7-8,17H2,1-2H3. The average molecular weight is 348 g/mol. The van der Waals surface area contributed by atoms with E-state index in [1.165, 1.54) is 28.6 Å². The molecule has 3 rings (SSSR count). The van der Waals surface area contributed by atoms with E-state index in [0.717, 1.165) is 6.42 Å². The first-order valence-electron chi connectivity index (χ1n) is 7.43. The van der Waals surface area contributed by atoms with Crippen molar-refractivity contribution >= 4 is 11.8 Å². The molecule has 24 heavy (non-hydrogen) atoms. The molecular weight excluding hydrogens is 331 g/mol. The lowest BCUT2D eigenvalue weighted by molar-refractivity contribution is 0.382. The second-order valence-electron chi connectivity index (χ2n) is 5.67.